The van der Waals surface area contributed by atoms with Crippen LogP contribution in [0.25, 0.3) is 0 Å². The van der Waals surface area contributed by atoms with Gasteiger partial charge < -0.3 is 24.8 Å². The van der Waals surface area contributed by atoms with Crippen LogP contribution in [-0.2, 0) is 9.47 Å². The van der Waals surface area contributed by atoms with Crippen molar-refractivity contribution in [1.82, 2.24) is 0 Å². The van der Waals surface area contributed by atoms with Crippen LogP contribution in [0.2, 0.25) is 0 Å². The zero-order chi connectivity index (χ0) is 10.0. The van der Waals surface area contributed by atoms with Crippen molar-refractivity contribution in [2.75, 3.05) is 13.0 Å². The number of ether oxygens (including phenoxy) is 2. The van der Waals surface area contributed by atoms with E-state index in [4.69, 9.17) is 21.1 Å². The Morgan fingerprint density at radius 2 is 1.85 bits per heavy atom. The number of alkyl halides is 1. The molecule has 1 rings (SSSR count). The number of rotatable bonds is 2. The fourth-order valence-electron chi connectivity index (χ4n) is 1.24. The molecule has 0 aromatic heterocycles. The van der Waals surface area contributed by atoms with Crippen LogP contribution in [0, 0.1) is 0 Å². The highest BCUT2D eigenvalue weighted by molar-refractivity contribution is 6.18. The Morgan fingerprint density at radius 1 is 1.23 bits per heavy atom. The molecule has 78 valence electrons. The summed E-state index contributed by atoms with van der Waals surface area (Å²) in [7, 11) is 1.34. The molecule has 1 fully saturated rings. The summed E-state index contributed by atoms with van der Waals surface area (Å²) in [5.41, 5.74) is 0. The van der Waals surface area contributed by atoms with Crippen molar-refractivity contribution < 1.29 is 24.8 Å². The Bertz CT molecular complexity index is 147. The van der Waals surface area contributed by atoms with Crippen molar-refractivity contribution >= 4 is 11.6 Å². The number of methoxy groups -OCH3 is 1. The summed E-state index contributed by atoms with van der Waals surface area (Å²) in [5, 5.41) is 28.0. The molecule has 13 heavy (non-hydrogen) atoms. The lowest BCUT2D eigenvalue weighted by Gasteiger charge is -2.38. The molecule has 1 aliphatic rings. The third kappa shape index (κ3) is 2.12. The normalized spacial score (nSPS) is 46.4. The van der Waals surface area contributed by atoms with Gasteiger partial charge >= 0.3 is 0 Å². The van der Waals surface area contributed by atoms with E-state index in [-0.39, 0.29) is 5.88 Å². The van der Waals surface area contributed by atoms with Crippen LogP contribution in [0.4, 0.5) is 0 Å². The number of hydrogen-bond acceptors (Lipinski definition) is 5. The van der Waals surface area contributed by atoms with Crippen molar-refractivity contribution in [3.05, 3.63) is 0 Å². The molecule has 3 N–H and O–H groups in total. The monoisotopic (exact) mass is 212 g/mol. The Hall–Kier alpha value is 0.0900. The lowest BCUT2D eigenvalue weighted by atomic mass is 10.00. The third-order valence-electron chi connectivity index (χ3n) is 2.05. The summed E-state index contributed by atoms with van der Waals surface area (Å²) in [6.07, 6.45) is -5.38. The molecule has 0 bridgehead atoms. The highest BCUT2D eigenvalue weighted by Gasteiger charge is 2.43. The Morgan fingerprint density at radius 3 is 2.31 bits per heavy atom. The first kappa shape index (κ1) is 11.2. The van der Waals surface area contributed by atoms with E-state index >= 15 is 0 Å². The van der Waals surface area contributed by atoms with Crippen molar-refractivity contribution in [3.63, 3.8) is 0 Å². The van der Waals surface area contributed by atoms with Crippen LogP contribution in [0.15, 0.2) is 0 Å². The zero-order valence-electron chi connectivity index (χ0n) is 7.13. The molecule has 0 saturated carbocycles. The van der Waals surface area contributed by atoms with Crippen molar-refractivity contribution in [2.45, 2.75) is 30.7 Å². The maximum atomic E-state index is 9.35. The minimum Gasteiger partial charge on any atom is -0.388 e. The molecular formula is C7H13ClO5. The summed E-state index contributed by atoms with van der Waals surface area (Å²) < 4.78 is 9.82. The molecule has 5 atom stereocenters. The van der Waals surface area contributed by atoms with Gasteiger partial charge in [-0.3, -0.25) is 0 Å². The smallest absolute Gasteiger partial charge is 0.186 e. The van der Waals surface area contributed by atoms with E-state index in [1.807, 2.05) is 0 Å². The van der Waals surface area contributed by atoms with E-state index < -0.39 is 30.7 Å². The van der Waals surface area contributed by atoms with Gasteiger partial charge in [-0.1, -0.05) is 0 Å². The SMILES string of the molecule is CO[C@H]1O[C@H](CCl)[C@@H](O)[C@H](O)[C@H]1O. The highest BCUT2D eigenvalue weighted by Crippen LogP contribution is 2.22. The summed E-state index contributed by atoms with van der Waals surface area (Å²) in [6, 6.07) is 0. The van der Waals surface area contributed by atoms with Gasteiger partial charge in [0.1, 0.15) is 24.4 Å². The lowest BCUT2D eigenvalue weighted by Crippen LogP contribution is -2.58. The quantitative estimate of drug-likeness (QED) is 0.495. The lowest BCUT2D eigenvalue weighted by molar-refractivity contribution is -0.285. The first-order valence-electron chi connectivity index (χ1n) is 3.90. The minimum absolute atomic E-state index is 0.0325. The second-order valence-electron chi connectivity index (χ2n) is 2.90. The average Bonchev–Trinajstić information content (AvgIpc) is 2.15. The van der Waals surface area contributed by atoms with E-state index in [1.54, 1.807) is 0 Å². The first-order valence-corrected chi connectivity index (χ1v) is 4.43. The summed E-state index contributed by atoms with van der Waals surface area (Å²) in [4.78, 5) is 0. The molecule has 0 radical (unpaired) electrons. The van der Waals surface area contributed by atoms with Gasteiger partial charge in [-0.25, -0.2) is 0 Å². The van der Waals surface area contributed by atoms with Gasteiger partial charge in [-0.15, -0.1) is 11.6 Å². The minimum atomic E-state index is -1.29. The largest absolute Gasteiger partial charge is 0.388 e. The number of halogens is 1. The van der Waals surface area contributed by atoms with Crippen LogP contribution in [0.5, 0.6) is 0 Å². The maximum Gasteiger partial charge on any atom is 0.186 e. The predicted octanol–water partition coefficient (Wildman–Crippen LogP) is -1.32. The van der Waals surface area contributed by atoms with Gasteiger partial charge in [0.25, 0.3) is 0 Å². The van der Waals surface area contributed by atoms with E-state index in [1.165, 1.54) is 7.11 Å². The molecule has 0 aliphatic carbocycles. The average molecular weight is 213 g/mol. The Balaban J connectivity index is 2.66. The topological polar surface area (TPSA) is 79.2 Å². The van der Waals surface area contributed by atoms with Crippen LogP contribution in [0.3, 0.4) is 0 Å². The van der Waals surface area contributed by atoms with E-state index in [2.05, 4.69) is 0 Å². The van der Waals surface area contributed by atoms with E-state index in [0.29, 0.717) is 0 Å². The zero-order valence-corrected chi connectivity index (χ0v) is 7.89. The summed E-state index contributed by atoms with van der Waals surface area (Å²) in [5.74, 6) is 0.0325. The van der Waals surface area contributed by atoms with Gasteiger partial charge in [-0.05, 0) is 0 Å². The maximum absolute atomic E-state index is 9.35. The van der Waals surface area contributed by atoms with E-state index in [0.717, 1.165) is 0 Å². The number of aliphatic hydroxyl groups is 3. The molecule has 1 aliphatic heterocycles. The van der Waals surface area contributed by atoms with Crippen molar-refractivity contribution in [2.24, 2.45) is 0 Å². The highest BCUT2D eigenvalue weighted by atomic mass is 35.5. The summed E-state index contributed by atoms with van der Waals surface area (Å²) >= 11 is 5.48. The van der Waals surface area contributed by atoms with Crippen LogP contribution < -0.4 is 0 Å². The van der Waals surface area contributed by atoms with Crippen molar-refractivity contribution in [3.8, 4) is 0 Å². The third-order valence-corrected chi connectivity index (χ3v) is 2.36. The van der Waals surface area contributed by atoms with Gasteiger partial charge in [0, 0.05) is 7.11 Å². The fraction of sp³-hybridized carbons (Fsp3) is 1.00. The van der Waals surface area contributed by atoms with Crippen LogP contribution >= 0.6 is 11.6 Å². The second-order valence-corrected chi connectivity index (χ2v) is 3.21. The molecule has 6 heteroatoms. The molecule has 0 aromatic rings. The van der Waals surface area contributed by atoms with Gasteiger partial charge in [0.05, 0.1) is 5.88 Å². The fourth-order valence-corrected chi connectivity index (χ4v) is 1.49. The number of hydrogen-bond donors (Lipinski definition) is 3. The number of aliphatic hydroxyl groups excluding tert-OH is 3. The van der Waals surface area contributed by atoms with Crippen LogP contribution in [-0.4, -0.2) is 59.0 Å². The summed E-state index contributed by atoms with van der Waals surface area (Å²) in [6.45, 7) is 0. The molecule has 1 heterocycles. The van der Waals surface area contributed by atoms with Crippen molar-refractivity contribution in [1.29, 1.82) is 0 Å². The van der Waals surface area contributed by atoms with Gasteiger partial charge in [0.15, 0.2) is 6.29 Å². The molecular weight excluding hydrogens is 200 g/mol. The Kier molecular flexibility index (Phi) is 3.90. The van der Waals surface area contributed by atoms with Crippen LogP contribution in [0.1, 0.15) is 0 Å². The van der Waals surface area contributed by atoms with E-state index in [9.17, 15) is 15.3 Å². The molecule has 0 amide bonds. The van der Waals surface area contributed by atoms with Gasteiger partial charge in [-0.2, -0.15) is 0 Å². The molecule has 0 aromatic carbocycles. The Labute approximate surface area is 80.8 Å². The first-order chi connectivity index (χ1) is 6.11. The molecule has 5 nitrogen and oxygen atoms in total. The second kappa shape index (κ2) is 4.54. The molecule has 0 spiro atoms. The molecule has 1 saturated heterocycles. The predicted molar refractivity (Wildman–Crippen MR) is 44.4 cm³/mol. The standard InChI is InChI=1S/C7H13ClO5/c1-12-7-6(11)5(10)4(9)3(2-8)13-7/h3-7,9-11H,2H2,1H3/t3-,4-,5+,6-,7+/m1/s1. The van der Waals surface area contributed by atoms with Gasteiger partial charge in [0.2, 0.25) is 0 Å². The molecule has 0 unspecified atom stereocenters.